The number of anilines is 2. The Labute approximate surface area is 116 Å². The Balaban J connectivity index is 2.58. The highest BCUT2D eigenvalue weighted by atomic mass is 19.2. The molecule has 0 spiro atoms. The van der Waals surface area contributed by atoms with E-state index >= 15 is 0 Å². The van der Waals surface area contributed by atoms with Crippen LogP contribution in [0.3, 0.4) is 0 Å². The molecule has 0 heterocycles. The minimum Gasteiger partial charge on any atom is -0.349 e. The van der Waals surface area contributed by atoms with Crippen LogP contribution in [0.4, 0.5) is 33.3 Å². The molecule has 0 aliphatic rings. The Kier molecular flexibility index (Phi) is 3.80. The lowest BCUT2D eigenvalue weighted by Gasteiger charge is -2.12. The van der Waals surface area contributed by atoms with Crippen LogP contribution < -0.4 is 5.32 Å². The van der Waals surface area contributed by atoms with Crippen LogP contribution in [0.1, 0.15) is 11.1 Å². The van der Waals surface area contributed by atoms with Crippen LogP contribution in [0.15, 0.2) is 18.2 Å². The van der Waals surface area contributed by atoms with Gasteiger partial charge in [0.1, 0.15) is 11.8 Å². The SMILES string of the molecule is Cc1ccc(Nc2c(F)c(F)c(F)c(F)c2F)c(C#N)c1. The van der Waals surface area contributed by atoms with Gasteiger partial charge in [-0.1, -0.05) is 6.07 Å². The number of hydrogen-bond donors (Lipinski definition) is 1. The largest absolute Gasteiger partial charge is 0.349 e. The summed E-state index contributed by atoms with van der Waals surface area (Å²) in [7, 11) is 0. The molecule has 21 heavy (non-hydrogen) atoms. The average molecular weight is 298 g/mol. The molecule has 0 saturated carbocycles. The monoisotopic (exact) mass is 298 g/mol. The number of nitriles is 1. The first-order valence-electron chi connectivity index (χ1n) is 5.66. The summed E-state index contributed by atoms with van der Waals surface area (Å²) in [5.41, 5.74) is -0.550. The molecule has 108 valence electrons. The van der Waals surface area contributed by atoms with Gasteiger partial charge in [-0.2, -0.15) is 5.26 Å². The van der Waals surface area contributed by atoms with Crippen LogP contribution in [-0.2, 0) is 0 Å². The number of halogens is 5. The molecule has 0 aromatic heterocycles. The zero-order chi connectivity index (χ0) is 15.7. The lowest BCUT2D eigenvalue weighted by atomic mass is 10.1. The Morgan fingerprint density at radius 1 is 0.905 bits per heavy atom. The van der Waals surface area contributed by atoms with Crippen molar-refractivity contribution in [3.63, 3.8) is 0 Å². The molecule has 2 rings (SSSR count). The molecular formula is C14H7F5N2. The van der Waals surface area contributed by atoms with Crippen molar-refractivity contribution in [2.75, 3.05) is 5.32 Å². The Morgan fingerprint density at radius 3 is 1.95 bits per heavy atom. The van der Waals surface area contributed by atoms with E-state index in [1.165, 1.54) is 18.2 Å². The van der Waals surface area contributed by atoms with E-state index in [0.717, 1.165) is 0 Å². The van der Waals surface area contributed by atoms with Gasteiger partial charge in [-0.05, 0) is 24.6 Å². The van der Waals surface area contributed by atoms with Crippen LogP contribution in [-0.4, -0.2) is 0 Å². The van der Waals surface area contributed by atoms with Crippen molar-refractivity contribution in [2.45, 2.75) is 6.92 Å². The normalized spacial score (nSPS) is 10.3. The Bertz CT molecular complexity index is 736. The maximum atomic E-state index is 13.5. The molecule has 0 aliphatic carbocycles. The van der Waals surface area contributed by atoms with Crippen molar-refractivity contribution in [2.24, 2.45) is 0 Å². The van der Waals surface area contributed by atoms with E-state index in [-0.39, 0.29) is 11.3 Å². The fourth-order valence-electron chi connectivity index (χ4n) is 1.71. The van der Waals surface area contributed by atoms with Gasteiger partial charge in [0.2, 0.25) is 5.82 Å². The maximum Gasteiger partial charge on any atom is 0.200 e. The Morgan fingerprint density at radius 2 is 1.43 bits per heavy atom. The van der Waals surface area contributed by atoms with Crippen molar-refractivity contribution in [1.29, 1.82) is 5.26 Å². The summed E-state index contributed by atoms with van der Waals surface area (Å²) < 4.78 is 66.2. The smallest absolute Gasteiger partial charge is 0.200 e. The van der Waals surface area contributed by atoms with Gasteiger partial charge in [-0.3, -0.25) is 0 Å². The van der Waals surface area contributed by atoms with Crippen molar-refractivity contribution in [3.8, 4) is 6.07 Å². The van der Waals surface area contributed by atoms with Crippen LogP contribution in [0, 0.1) is 47.3 Å². The summed E-state index contributed by atoms with van der Waals surface area (Å²) in [6.07, 6.45) is 0. The van der Waals surface area contributed by atoms with Crippen LogP contribution in [0.2, 0.25) is 0 Å². The quantitative estimate of drug-likeness (QED) is 0.509. The first kappa shape index (κ1) is 14.8. The van der Waals surface area contributed by atoms with Crippen molar-refractivity contribution in [1.82, 2.24) is 0 Å². The highest BCUT2D eigenvalue weighted by Gasteiger charge is 2.26. The molecule has 0 unspecified atom stereocenters. The van der Waals surface area contributed by atoms with Gasteiger partial charge in [-0.25, -0.2) is 22.0 Å². The van der Waals surface area contributed by atoms with Gasteiger partial charge >= 0.3 is 0 Å². The summed E-state index contributed by atoms with van der Waals surface area (Å²) in [5.74, 6) is -10.3. The first-order chi connectivity index (χ1) is 9.86. The molecule has 2 aromatic carbocycles. The molecule has 7 heteroatoms. The van der Waals surface area contributed by atoms with E-state index < -0.39 is 34.8 Å². The second-order valence-electron chi connectivity index (χ2n) is 4.23. The average Bonchev–Trinajstić information content (AvgIpc) is 2.48. The van der Waals surface area contributed by atoms with Crippen LogP contribution in [0.25, 0.3) is 0 Å². The third kappa shape index (κ3) is 2.52. The number of benzene rings is 2. The second kappa shape index (κ2) is 5.40. The first-order valence-corrected chi connectivity index (χ1v) is 5.66. The van der Waals surface area contributed by atoms with Gasteiger partial charge in [0.25, 0.3) is 0 Å². The van der Waals surface area contributed by atoms with E-state index in [1.54, 1.807) is 13.0 Å². The predicted octanol–water partition coefficient (Wildman–Crippen LogP) is 4.31. The standard InChI is InChI=1S/C14H7F5N2/c1-6-2-3-8(7(4-6)5-20)21-14-12(18)10(16)9(15)11(17)13(14)19/h2-4,21H,1H3. The highest BCUT2D eigenvalue weighted by Crippen LogP contribution is 2.30. The minimum atomic E-state index is -2.24. The zero-order valence-electron chi connectivity index (χ0n) is 10.6. The van der Waals surface area contributed by atoms with E-state index in [2.05, 4.69) is 5.32 Å². The van der Waals surface area contributed by atoms with Gasteiger partial charge in [-0.15, -0.1) is 0 Å². The van der Waals surface area contributed by atoms with Crippen molar-refractivity contribution < 1.29 is 22.0 Å². The van der Waals surface area contributed by atoms with E-state index in [9.17, 15) is 22.0 Å². The van der Waals surface area contributed by atoms with Crippen LogP contribution in [0.5, 0.6) is 0 Å². The van der Waals surface area contributed by atoms with E-state index in [1.807, 2.05) is 0 Å². The molecule has 0 fully saturated rings. The molecule has 0 aliphatic heterocycles. The summed E-state index contributed by atoms with van der Waals surface area (Å²) in [6.45, 7) is 1.68. The Hall–Kier alpha value is -2.62. The van der Waals surface area contributed by atoms with Crippen molar-refractivity contribution >= 4 is 11.4 Å². The number of hydrogen-bond acceptors (Lipinski definition) is 2. The van der Waals surface area contributed by atoms with E-state index in [4.69, 9.17) is 5.26 Å². The third-order valence-corrected chi connectivity index (χ3v) is 2.76. The van der Waals surface area contributed by atoms with Gasteiger partial charge < -0.3 is 5.32 Å². The number of rotatable bonds is 2. The molecule has 0 saturated heterocycles. The van der Waals surface area contributed by atoms with Crippen molar-refractivity contribution in [3.05, 3.63) is 58.4 Å². The second-order valence-corrected chi connectivity index (χ2v) is 4.23. The summed E-state index contributed by atoms with van der Waals surface area (Å²) in [6, 6.07) is 6.01. The minimum absolute atomic E-state index is 0.0129. The molecule has 0 atom stereocenters. The summed E-state index contributed by atoms with van der Waals surface area (Å²) in [5, 5.41) is 11.0. The molecular weight excluding hydrogens is 291 g/mol. The molecule has 0 amide bonds. The lowest BCUT2D eigenvalue weighted by Crippen LogP contribution is -2.07. The topological polar surface area (TPSA) is 35.8 Å². The summed E-state index contributed by atoms with van der Waals surface area (Å²) >= 11 is 0. The summed E-state index contributed by atoms with van der Waals surface area (Å²) in [4.78, 5) is 0. The zero-order valence-corrected chi connectivity index (χ0v) is 10.6. The van der Waals surface area contributed by atoms with Gasteiger partial charge in [0.15, 0.2) is 23.3 Å². The number of aryl methyl sites for hydroxylation is 1. The van der Waals surface area contributed by atoms with E-state index in [0.29, 0.717) is 5.56 Å². The predicted molar refractivity (Wildman–Crippen MR) is 65.4 cm³/mol. The van der Waals surface area contributed by atoms with Gasteiger partial charge in [0, 0.05) is 0 Å². The highest BCUT2D eigenvalue weighted by molar-refractivity contribution is 5.68. The fourth-order valence-corrected chi connectivity index (χ4v) is 1.71. The van der Waals surface area contributed by atoms with Crippen LogP contribution >= 0.6 is 0 Å². The molecule has 1 N–H and O–H groups in total. The molecule has 2 nitrogen and oxygen atoms in total. The van der Waals surface area contributed by atoms with Gasteiger partial charge in [0.05, 0.1) is 11.3 Å². The lowest BCUT2D eigenvalue weighted by molar-refractivity contribution is 0.382. The fraction of sp³-hybridized carbons (Fsp3) is 0.0714. The number of nitrogens with one attached hydrogen (secondary N) is 1. The maximum absolute atomic E-state index is 13.5. The molecule has 0 radical (unpaired) electrons. The molecule has 0 bridgehead atoms. The molecule has 2 aromatic rings. The number of nitrogens with zero attached hydrogens (tertiary/aromatic N) is 1. The third-order valence-electron chi connectivity index (χ3n) is 2.76.